The summed E-state index contributed by atoms with van der Waals surface area (Å²) >= 11 is 0. The molecule has 0 spiro atoms. The number of hydrogen-bond acceptors (Lipinski definition) is 9. The summed E-state index contributed by atoms with van der Waals surface area (Å²) < 4.78 is 40.3. The van der Waals surface area contributed by atoms with Gasteiger partial charge in [0.15, 0.2) is 9.84 Å². The summed E-state index contributed by atoms with van der Waals surface area (Å²) in [6.45, 7) is 2.56. The number of carbonyl (C=O) groups is 1. The number of ether oxygens (including phenoxy) is 3. The average Bonchev–Trinajstić information content (AvgIpc) is 2.73. The maximum atomic E-state index is 11.6. The molecule has 1 saturated heterocycles. The Balaban J connectivity index is 1.83. The maximum Gasteiger partial charge on any atom is 0.351 e. The van der Waals surface area contributed by atoms with Gasteiger partial charge in [-0.15, -0.1) is 0 Å². The Labute approximate surface area is 179 Å². The standard InChI is InChI=1S/C20H23N3O7S/c1-13(20(24)25)22-23-17-5-3-15(11-18(17)29-14-7-9-28-10-8-14)30-19-6-4-16(12-21-19)31(2,26)27/h3-6,11-12,14,23H,7-10H2,1-2H3,(H,24,25)/b22-13+. The fraction of sp³-hybridized carbons (Fsp3) is 0.350. The van der Waals surface area contributed by atoms with E-state index in [0.717, 1.165) is 19.1 Å². The van der Waals surface area contributed by atoms with Gasteiger partial charge in [0, 0.05) is 37.4 Å². The van der Waals surface area contributed by atoms with E-state index >= 15 is 0 Å². The molecule has 166 valence electrons. The molecule has 2 heterocycles. The van der Waals surface area contributed by atoms with Crippen LogP contribution in [0.1, 0.15) is 19.8 Å². The Hall–Kier alpha value is -3.18. The molecule has 1 aliphatic rings. The van der Waals surface area contributed by atoms with Crippen LogP contribution in [-0.4, -0.2) is 55.8 Å². The number of sulfone groups is 1. The quantitative estimate of drug-likeness (QED) is 0.460. The molecule has 11 heteroatoms. The highest BCUT2D eigenvalue weighted by atomic mass is 32.2. The topological polar surface area (TPSA) is 136 Å². The van der Waals surface area contributed by atoms with Crippen LogP contribution in [0.4, 0.5) is 5.69 Å². The molecule has 1 fully saturated rings. The minimum Gasteiger partial charge on any atom is -0.488 e. The fourth-order valence-corrected chi connectivity index (χ4v) is 3.25. The lowest BCUT2D eigenvalue weighted by molar-refractivity contribution is -0.129. The van der Waals surface area contributed by atoms with Gasteiger partial charge >= 0.3 is 5.97 Å². The first-order valence-corrected chi connectivity index (χ1v) is 11.4. The lowest BCUT2D eigenvalue weighted by Gasteiger charge is -2.24. The summed E-state index contributed by atoms with van der Waals surface area (Å²) in [6, 6.07) is 7.79. The third-order valence-electron chi connectivity index (χ3n) is 4.43. The zero-order chi connectivity index (χ0) is 22.4. The molecule has 0 radical (unpaired) electrons. The van der Waals surface area contributed by atoms with E-state index < -0.39 is 15.8 Å². The maximum absolute atomic E-state index is 11.6. The fourth-order valence-electron chi connectivity index (χ4n) is 2.69. The number of anilines is 1. The summed E-state index contributed by atoms with van der Waals surface area (Å²) in [7, 11) is -3.35. The third kappa shape index (κ3) is 6.40. The molecule has 1 aromatic carbocycles. The molecule has 1 aromatic heterocycles. The van der Waals surface area contributed by atoms with Gasteiger partial charge in [0.1, 0.15) is 23.3 Å². The van der Waals surface area contributed by atoms with Crippen molar-refractivity contribution in [1.29, 1.82) is 0 Å². The molecule has 0 bridgehead atoms. The van der Waals surface area contributed by atoms with Crippen molar-refractivity contribution < 1.29 is 32.5 Å². The Morgan fingerprint density at radius 2 is 2.00 bits per heavy atom. The van der Waals surface area contributed by atoms with Crippen LogP contribution >= 0.6 is 0 Å². The number of nitrogens with one attached hydrogen (secondary N) is 1. The Morgan fingerprint density at radius 1 is 1.26 bits per heavy atom. The SMILES string of the molecule is C/C(=N\Nc1ccc(Oc2ccc(S(C)(=O)=O)cn2)cc1OC1CCOCC1)C(=O)O. The molecule has 3 rings (SSSR count). The van der Waals surface area contributed by atoms with Gasteiger partial charge in [0.25, 0.3) is 0 Å². The van der Waals surface area contributed by atoms with Crippen LogP contribution in [-0.2, 0) is 19.4 Å². The number of carboxylic acid groups (broad SMARTS) is 1. The van der Waals surface area contributed by atoms with E-state index in [9.17, 15) is 13.2 Å². The number of benzene rings is 1. The molecule has 0 aliphatic carbocycles. The van der Waals surface area contributed by atoms with Crippen molar-refractivity contribution in [3.63, 3.8) is 0 Å². The number of hydrazone groups is 1. The zero-order valence-electron chi connectivity index (χ0n) is 17.1. The second-order valence-corrected chi connectivity index (χ2v) is 8.92. The van der Waals surface area contributed by atoms with Crippen LogP contribution in [0.25, 0.3) is 0 Å². The van der Waals surface area contributed by atoms with Gasteiger partial charge in [0.05, 0.1) is 23.8 Å². The van der Waals surface area contributed by atoms with Crippen molar-refractivity contribution in [2.45, 2.75) is 30.8 Å². The van der Waals surface area contributed by atoms with Gasteiger partial charge in [-0.25, -0.2) is 18.2 Å². The van der Waals surface area contributed by atoms with Gasteiger partial charge in [-0.2, -0.15) is 5.10 Å². The van der Waals surface area contributed by atoms with Crippen molar-refractivity contribution in [3.8, 4) is 17.4 Å². The molecule has 2 aromatic rings. The molecule has 1 aliphatic heterocycles. The second-order valence-electron chi connectivity index (χ2n) is 6.91. The summed E-state index contributed by atoms with van der Waals surface area (Å²) in [6.07, 6.45) is 3.70. The minimum absolute atomic E-state index is 0.0683. The van der Waals surface area contributed by atoms with Crippen LogP contribution in [0.2, 0.25) is 0 Å². The summed E-state index contributed by atoms with van der Waals surface area (Å²) in [5.41, 5.74) is 3.08. The number of rotatable bonds is 8. The van der Waals surface area contributed by atoms with E-state index in [1.807, 2.05) is 0 Å². The molecular weight excluding hydrogens is 426 g/mol. The van der Waals surface area contributed by atoms with Gasteiger partial charge < -0.3 is 19.3 Å². The highest BCUT2D eigenvalue weighted by molar-refractivity contribution is 7.90. The molecule has 31 heavy (non-hydrogen) atoms. The number of aromatic nitrogens is 1. The Kier molecular flexibility index (Phi) is 7.08. The monoisotopic (exact) mass is 449 g/mol. The molecule has 0 saturated carbocycles. The van der Waals surface area contributed by atoms with Crippen molar-refractivity contribution in [3.05, 3.63) is 36.5 Å². The summed E-state index contributed by atoms with van der Waals surface area (Å²) in [5.74, 6) is -0.0851. The van der Waals surface area contributed by atoms with Crippen molar-refractivity contribution >= 4 is 27.2 Å². The molecule has 2 N–H and O–H groups in total. The largest absolute Gasteiger partial charge is 0.488 e. The van der Waals surface area contributed by atoms with Gasteiger partial charge in [-0.05, 0) is 25.1 Å². The van der Waals surface area contributed by atoms with Crippen LogP contribution in [0.15, 0.2) is 46.5 Å². The van der Waals surface area contributed by atoms with Crippen LogP contribution in [0.3, 0.4) is 0 Å². The predicted octanol–water partition coefficient (Wildman–Crippen LogP) is 2.71. The van der Waals surface area contributed by atoms with E-state index in [1.165, 1.54) is 25.3 Å². The second kappa shape index (κ2) is 9.75. The Bertz CT molecular complexity index is 1060. The Morgan fingerprint density at radius 3 is 2.61 bits per heavy atom. The number of hydrogen-bond donors (Lipinski definition) is 2. The van der Waals surface area contributed by atoms with Crippen molar-refractivity contribution in [1.82, 2.24) is 4.98 Å². The molecule has 0 atom stereocenters. The number of pyridine rings is 1. The van der Waals surface area contributed by atoms with E-state index in [4.69, 9.17) is 19.3 Å². The van der Waals surface area contributed by atoms with Gasteiger partial charge in [-0.1, -0.05) is 0 Å². The van der Waals surface area contributed by atoms with E-state index in [0.29, 0.717) is 30.4 Å². The van der Waals surface area contributed by atoms with Crippen molar-refractivity contribution in [2.24, 2.45) is 5.10 Å². The molecule has 10 nitrogen and oxygen atoms in total. The lowest BCUT2D eigenvalue weighted by atomic mass is 10.1. The molecule has 0 unspecified atom stereocenters. The zero-order valence-corrected chi connectivity index (χ0v) is 17.9. The first-order chi connectivity index (χ1) is 14.7. The van der Waals surface area contributed by atoms with Crippen molar-refractivity contribution in [2.75, 3.05) is 24.9 Å². The first-order valence-electron chi connectivity index (χ1n) is 9.48. The van der Waals surface area contributed by atoms with E-state index in [-0.39, 0.29) is 22.6 Å². The van der Waals surface area contributed by atoms with E-state index in [2.05, 4.69) is 15.5 Å². The minimum atomic E-state index is -3.35. The van der Waals surface area contributed by atoms with Crippen LogP contribution < -0.4 is 14.9 Å². The van der Waals surface area contributed by atoms with Gasteiger partial charge in [-0.3, -0.25) is 5.43 Å². The number of carboxylic acids is 1. The number of nitrogens with zero attached hydrogens (tertiary/aromatic N) is 2. The average molecular weight is 449 g/mol. The molecular formula is C20H23N3O7S. The third-order valence-corrected chi connectivity index (χ3v) is 5.53. The predicted molar refractivity (Wildman–Crippen MR) is 113 cm³/mol. The molecule has 0 amide bonds. The highest BCUT2D eigenvalue weighted by Crippen LogP contribution is 2.33. The van der Waals surface area contributed by atoms with E-state index in [1.54, 1.807) is 18.2 Å². The summed E-state index contributed by atoms with van der Waals surface area (Å²) in [4.78, 5) is 15.1. The van der Waals surface area contributed by atoms with Crippen LogP contribution in [0.5, 0.6) is 17.4 Å². The normalized spacial score (nSPS) is 15.4. The number of aliphatic carboxylic acids is 1. The van der Waals surface area contributed by atoms with Gasteiger partial charge in [0.2, 0.25) is 5.88 Å². The van der Waals surface area contributed by atoms with Crippen LogP contribution in [0, 0.1) is 0 Å². The summed E-state index contributed by atoms with van der Waals surface area (Å²) in [5, 5.41) is 12.8. The smallest absolute Gasteiger partial charge is 0.351 e. The highest BCUT2D eigenvalue weighted by Gasteiger charge is 2.18. The first kappa shape index (κ1) is 22.5. The lowest BCUT2D eigenvalue weighted by Crippen LogP contribution is -2.26.